The van der Waals surface area contributed by atoms with Crippen LogP contribution in [0.15, 0.2) is 54.6 Å². The van der Waals surface area contributed by atoms with E-state index in [-0.39, 0.29) is 5.91 Å². The van der Waals surface area contributed by atoms with Crippen LogP contribution in [0, 0.1) is 0 Å². The number of amides is 1. The van der Waals surface area contributed by atoms with Gasteiger partial charge in [0, 0.05) is 11.9 Å². The lowest BCUT2D eigenvalue weighted by atomic mass is 10.2. The summed E-state index contributed by atoms with van der Waals surface area (Å²) in [6.45, 7) is 0.506. The molecule has 2 aromatic carbocycles. The fraction of sp³-hybridized carbons (Fsp3) is 0.118. The topological polar surface area (TPSA) is 54.1 Å². The van der Waals surface area contributed by atoms with Crippen molar-refractivity contribution in [3.8, 4) is 5.75 Å². The van der Waals surface area contributed by atoms with Gasteiger partial charge >= 0.3 is 0 Å². The Labute approximate surface area is 122 Å². The second-order valence-corrected chi connectivity index (χ2v) is 4.78. The number of nitrogens with one attached hydrogen (secondary N) is 2. The van der Waals surface area contributed by atoms with Crippen molar-refractivity contribution in [1.29, 1.82) is 0 Å². The number of benzene rings is 2. The first kappa shape index (κ1) is 13.2. The maximum absolute atomic E-state index is 12.2. The van der Waals surface area contributed by atoms with Crippen LogP contribution in [-0.2, 0) is 6.54 Å². The van der Waals surface area contributed by atoms with Gasteiger partial charge in [-0.3, -0.25) is 4.79 Å². The zero-order valence-electron chi connectivity index (χ0n) is 11.7. The smallest absolute Gasteiger partial charge is 0.267 e. The second kappa shape index (κ2) is 5.71. The molecule has 3 aromatic rings. The molecule has 21 heavy (non-hydrogen) atoms. The number of hydrogen-bond acceptors (Lipinski definition) is 2. The zero-order valence-corrected chi connectivity index (χ0v) is 11.7. The first-order chi connectivity index (χ1) is 10.3. The van der Waals surface area contributed by atoms with E-state index in [9.17, 15) is 4.79 Å². The molecule has 0 unspecified atom stereocenters. The summed E-state index contributed by atoms with van der Waals surface area (Å²) in [5, 5.41) is 3.86. The molecule has 0 spiro atoms. The zero-order chi connectivity index (χ0) is 14.7. The SMILES string of the molecule is COc1cccc2cc(C(=O)NCc3ccccc3)[nH]c12. The highest BCUT2D eigenvalue weighted by atomic mass is 16.5. The first-order valence-electron chi connectivity index (χ1n) is 6.76. The Bertz CT molecular complexity index is 763. The summed E-state index contributed by atoms with van der Waals surface area (Å²) in [7, 11) is 1.62. The van der Waals surface area contributed by atoms with Gasteiger partial charge in [-0.2, -0.15) is 0 Å². The molecule has 1 aromatic heterocycles. The van der Waals surface area contributed by atoms with Gasteiger partial charge in [0.05, 0.1) is 12.6 Å². The summed E-state index contributed by atoms with van der Waals surface area (Å²) in [5.74, 6) is 0.603. The van der Waals surface area contributed by atoms with Crippen molar-refractivity contribution in [3.63, 3.8) is 0 Å². The molecule has 1 amide bonds. The quantitative estimate of drug-likeness (QED) is 0.771. The van der Waals surface area contributed by atoms with Crippen LogP contribution in [0.4, 0.5) is 0 Å². The van der Waals surface area contributed by atoms with Crippen LogP contribution in [0.5, 0.6) is 5.75 Å². The van der Waals surface area contributed by atoms with E-state index in [0.717, 1.165) is 22.2 Å². The largest absolute Gasteiger partial charge is 0.495 e. The van der Waals surface area contributed by atoms with E-state index in [4.69, 9.17) is 4.74 Å². The summed E-state index contributed by atoms with van der Waals surface area (Å²) in [5.41, 5.74) is 2.44. The molecule has 0 bridgehead atoms. The van der Waals surface area contributed by atoms with Crippen molar-refractivity contribution in [3.05, 3.63) is 65.9 Å². The van der Waals surface area contributed by atoms with Crippen LogP contribution in [0.25, 0.3) is 10.9 Å². The third kappa shape index (κ3) is 2.74. The third-order valence-electron chi connectivity index (χ3n) is 3.38. The number of aromatic nitrogens is 1. The van der Waals surface area contributed by atoms with Crippen LogP contribution in [0.2, 0.25) is 0 Å². The first-order valence-corrected chi connectivity index (χ1v) is 6.76. The average molecular weight is 280 g/mol. The number of rotatable bonds is 4. The molecule has 0 aliphatic rings. The summed E-state index contributed by atoms with van der Waals surface area (Å²) >= 11 is 0. The lowest BCUT2D eigenvalue weighted by Crippen LogP contribution is -2.22. The predicted molar refractivity (Wildman–Crippen MR) is 82.5 cm³/mol. The number of carbonyl (C=O) groups excluding carboxylic acids is 1. The van der Waals surface area contributed by atoms with E-state index in [1.165, 1.54) is 0 Å². The summed E-state index contributed by atoms with van der Waals surface area (Å²) < 4.78 is 5.29. The Hall–Kier alpha value is -2.75. The van der Waals surface area contributed by atoms with Gasteiger partial charge in [-0.05, 0) is 17.7 Å². The number of carbonyl (C=O) groups is 1. The highest BCUT2D eigenvalue weighted by Crippen LogP contribution is 2.25. The Morgan fingerprint density at radius 1 is 1.14 bits per heavy atom. The van der Waals surface area contributed by atoms with Crippen LogP contribution in [-0.4, -0.2) is 18.0 Å². The molecule has 1 heterocycles. The highest BCUT2D eigenvalue weighted by Gasteiger charge is 2.11. The monoisotopic (exact) mass is 280 g/mol. The number of aromatic amines is 1. The third-order valence-corrected chi connectivity index (χ3v) is 3.38. The van der Waals surface area contributed by atoms with E-state index in [0.29, 0.717) is 12.2 Å². The molecule has 106 valence electrons. The Kier molecular flexibility index (Phi) is 3.60. The van der Waals surface area contributed by atoms with Crippen molar-refractivity contribution in [2.45, 2.75) is 6.54 Å². The summed E-state index contributed by atoms with van der Waals surface area (Å²) in [6, 6.07) is 17.4. The molecular formula is C17H16N2O2. The maximum atomic E-state index is 12.2. The lowest BCUT2D eigenvalue weighted by molar-refractivity contribution is 0.0947. The van der Waals surface area contributed by atoms with Crippen LogP contribution in [0.3, 0.4) is 0 Å². The number of hydrogen-bond donors (Lipinski definition) is 2. The van der Waals surface area contributed by atoms with Crippen LogP contribution >= 0.6 is 0 Å². The molecule has 4 nitrogen and oxygen atoms in total. The Morgan fingerprint density at radius 2 is 1.95 bits per heavy atom. The summed E-state index contributed by atoms with van der Waals surface area (Å²) in [4.78, 5) is 15.3. The molecule has 4 heteroatoms. The second-order valence-electron chi connectivity index (χ2n) is 4.78. The van der Waals surface area contributed by atoms with E-state index in [1.54, 1.807) is 7.11 Å². The van der Waals surface area contributed by atoms with Crippen molar-refractivity contribution in [2.75, 3.05) is 7.11 Å². The van der Waals surface area contributed by atoms with E-state index in [1.807, 2.05) is 54.6 Å². The molecule has 3 rings (SSSR count). The highest BCUT2D eigenvalue weighted by molar-refractivity contribution is 5.99. The summed E-state index contributed by atoms with van der Waals surface area (Å²) in [6.07, 6.45) is 0. The van der Waals surface area contributed by atoms with Crippen molar-refractivity contribution in [2.24, 2.45) is 0 Å². The van der Waals surface area contributed by atoms with Crippen molar-refractivity contribution >= 4 is 16.8 Å². The van der Waals surface area contributed by atoms with Gasteiger partial charge in [-0.1, -0.05) is 42.5 Å². The number of para-hydroxylation sites is 1. The standard InChI is InChI=1S/C17H16N2O2/c1-21-15-9-5-8-13-10-14(19-16(13)15)17(20)18-11-12-6-3-2-4-7-12/h2-10,19H,11H2,1H3,(H,18,20). The number of H-pyrrole nitrogens is 1. The van der Waals surface area contributed by atoms with E-state index < -0.39 is 0 Å². The molecule has 0 saturated carbocycles. The van der Waals surface area contributed by atoms with Gasteiger partial charge in [-0.25, -0.2) is 0 Å². The minimum atomic E-state index is -0.128. The van der Waals surface area contributed by atoms with E-state index in [2.05, 4.69) is 10.3 Å². The van der Waals surface area contributed by atoms with Crippen LogP contribution < -0.4 is 10.1 Å². The molecular weight excluding hydrogens is 264 g/mol. The molecule has 2 N–H and O–H groups in total. The lowest BCUT2D eigenvalue weighted by Gasteiger charge is -2.03. The van der Waals surface area contributed by atoms with Gasteiger partial charge in [0.25, 0.3) is 5.91 Å². The molecule has 0 fully saturated rings. The normalized spacial score (nSPS) is 10.5. The average Bonchev–Trinajstić information content (AvgIpc) is 2.97. The predicted octanol–water partition coefficient (Wildman–Crippen LogP) is 3.11. The van der Waals surface area contributed by atoms with Gasteiger partial charge in [0.1, 0.15) is 11.4 Å². The van der Waals surface area contributed by atoms with Crippen LogP contribution in [0.1, 0.15) is 16.1 Å². The molecule has 0 aliphatic heterocycles. The van der Waals surface area contributed by atoms with Gasteiger partial charge in [0.2, 0.25) is 0 Å². The number of fused-ring (bicyclic) bond motifs is 1. The fourth-order valence-electron chi connectivity index (χ4n) is 2.29. The minimum Gasteiger partial charge on any atom is -0.495 e. The van der Waals surface area contributed by atoms with Gasteiger partial charge < -0.3 is 15.0 Å². The Balaban J connectivity index is 1.79. The minimum absolute atomic E-state index is 0.128. The molecule has 0 atom stereocenters. The number of methoxy groups -OCH3 is 1. The van der Waals surface area contributed by atoms with E-state index >= 15 is 0 Å². The fourth-order valence-corrected chi connectivity index (χ4v) is 2.29. The number of ether oxygens (including phenoxy) is 1. The molecule has 0 radical (unpaired) electrons. The molecule has 0 saturated heterocycles. The molecule has 0 aliphatic carbocycles. The maximum Gasteiger partial charge on any atom is 0.267 e. The van der Waals surface area contributed by atoms with Crippen molar-refractivity contribution < 1.29 is 9.53 Å². The van der Waals surface area contributed by atoms with Gasteiger partial charge in [-0.15, -0.1) is 0 Å². The van der Waals surface area contributed by atoms with Gasteiger partial charge in [0.15, 0.2) is 0 Å². The van der Waals surface area contributed by atoms with Crippen molar-refractivity contribution in [1.82, 2.24) is 10.3 Å². The Morgan fingerprint density at radius 3 is 2.71 bits per heavy atom.